The van der Waals surface area contributed by atoms with Crippen molar-refractivity contribution in [3.63, 3.8) is 0 Å². The number of methoxy groups -OCH3 is 1. The molecule has 164 valence electrons. The minimum atomic E-state index is -0.477. The van der Waals surface area contributed by atoms with Crippen LogP contribution in [0.2, 0.25) is 0 Å². The summed E-state index contributed by atoms with van der Waals surface area (Å²) in [6.07, 6.45) is 3.24. The Kier molecular flexibility index (Phi) is 7.53. The second kappa shape index (κ2) is 10.1. The average Bonchev–Trinajstić information content (AvgIpc) is 3.16. The number of H-pyrrole nitrogens is 1. The van der Waals surface area contributed by atoms with Crippen molar-refractivity contribution in [2.45, 2.75) is 53.0 Å². The first kappa shape index (κ1) is 22.3. The summed E-state index contributed by atoms with van der Waals surface area (Å²) in [5.41, 5.74) is 2.90. The van der Waals surface area contributed by atoms with Crippen LogP contribution in [0.25, 0.3) is 0 Å². The van der Waals surface area contributed by atoms with Crippen LogP contribution in [-0.4, -0.2) is 47.9 Å². The molecule has 6 heteroatoms. The normalized spacial score (nSPS) is 16.6. The molecule has 1 fully saturated rings. The predicted molar refractivity (Wildman–Crippen MR) is 117 cm³/mol. The van der Waals surface area contributed by atoms with Crippen molar-refractivity contribution in [1.29, 1.82) is 0 Å². The number of aromatic amines is 1. The van der Waals surface area contributed by atoms with E-state index in [9.17, 15) is 4.79 Å². The molecule has 0 unspecified atom stereocenters. The van der Waals surface area contributed by atoms with Crippen molar-refractivity contribution in [1.82, 2.24) is 15.1 Å². The van der Waals surface area contributed by atoms with Gasteiger partial charge in [-0.3, -0.25) is 14.8 Å². The molecule has 6 nitrogen and oxygen atoms in total. The zero-order chi connectivity index (χ0) is 21.6. The number of rotatable bonds is 9. The van der Waals surface area contributed by atoms with Crippen molar-refractivity contribution in [3.05, 3.63) is 47.3 Å². The van der Waals surface area contributed by atoms with Crippen molar-refractivity contribution in [2.75, 3.05) is 26.8 Å². The number of likely N-dealkylation sites (tertiary alicyclic amines) is 1. The highest BCUT2D eigenvalue weighted by Gasteiger charge is 2.42. The highest BCUT2D eigenvalue weighted by Crippen LogP contribution is 2.37. The molecule has 2 aromatic rings. The van der Waals surface area contributed by atoms with Gasteiger partial charge in [-0.1, -0.05) is 26.0 Å². The minimum Gasteiger partial charge on any atom is -0.497 e. The molecule has 1 aliphatic heterocycles. The quantitative estimate of drug-likeness (QED) is 0.629. The van der Waals surface area contributed by atoms with E-state index in [0.717, 1.165) is 61.6 Å². The molecule has 0 radical (unpaired) electrons. The minimum absolute atomic E-state index is 0.0757. The van der Waals surface area contributed by atoms with Crippen LogP contribution in [0.4, 0.5) is 0 Å². The van der Waals surface area contributed by atoms with E-state index in [2.05, 4.69) is 41.1 Å². The summed E-state index contributed by atoms with van der Waals surface area (Å²) in [5.74, 6) is 1.34. The molecule has 0 saturated carbocycles. The maximum absolute atomic E-state index is 13.0. The monoisotopic (exact) mass is 413 g/mol. The predicted octanol–water partition coefficient (Wildman–Crippen LogP) is 4.00. The van der Waals surface area contributed by atoms with Crippen LogP contribution in [0.3, 0.4) is 0 Å². The molecule has 2 heterocycles. The lowest BCUT2D eigenvalue weighted by Crippen LogP contribution is -2.46. The Morgan fingerprint density at radius 1 is 1.27 bits per heavy atom. The fourth-order valence-corrected chi connectivity index (χ4v) is 4.30. The summed E-state index contributed by atoms with van der Waals surface area (Å²) in [5, 5.41) is 7.62. The number of esters is 1. The molecule has 1 aromatic carbocycles. The number of benzene rings is 1. The van der Waals surface area contributed by atoms with Crippen molar-refractivity contribution < 1.29 is 14.3 Å². The smallest absolute Gasteiger partial charge is 0.312 e. The van der Waals surface area contributed by atoms with Gasteiger partial charge in [0.25, 0.3) is 0 Å². The lowest BCUT2D eigenvalue weighted by Gasteiger charge is -2.40. The molecule has 30 heavy (non-hydrogen) atoms. The molecule has 1 saturated heterocycles. The molecule has 1 aliphatic rings. The lowest BCUT2D eigenvalue weighted by molar-refractivity contribution is -0.158. The largest absolute Gasteiger partial charge is 0.497 e. The molecule has 0 atom stereocenters. The van der Waals surface area contributed by atoms with Gasteiger partial charge in [-0.2, -0.15) is 5.10 Å². The molecule has 1 aromatic heterocycles. The maximum atomic E-state index is 13.0. The third-order valence-electron chi connectivity index (χ3n) is 5.89. The second-order valence-corrected chi connectivity index (χ2v) is 8.79. The van der Waals surface area contributed by atoms with E-state index in [-0.39, 0.29) is 5.97 Å². The van der Waals surface area contributed by atoms with Gasteiger partial charge in [-0.15, -0.1) is 0 Å². The number of carbonyl (C=O) groups excluding carboxylic acids is 1. The van der Waals surface area contributed by atoms with Gasteiger partial charge >= 0.3 is 5.97 Å². The maximum Gasteiger partial charge on any atom is 0.312 e. The summed E-state index contributed by atoms with van der Waals surface area (Å²) in [6, 6.07) is 10.2. The zero-order valence-electron chi connectivity index (χ0n) is 18.7. The van der Waals surface area contributed by atoms with Crippen molar-refractivity contribution in [2.24, 2.45) is 11.3 Å². The van der Waals surface area contributed by atoms with Crippen molar-refractivity contribution >= 4 is 5.97 Å². The molecule has 0 bridgehead atoms. The molecule has 0 aliphatic carbocycles. The fraction of sp³-hybridized carbons (Fsp3) is 0.583. The molecular formula is C24H35N3O3. The zero-order valence-corrected chi connectivity index (χ0v) is 18.7. The third kappa shape index (κ3) is 5.63. The Balaban J connectivity index is 1.66. The number of nitrogens with one attached hydrogen (secondary N) is 1. The molecular weight excluding hydrogens is 378 g/mol. The second-order valence-electron chi connectivity index (χ2n) is 8.79. The van der Waals surface area contributed by atoms with Gasteiger partial charge in [0, 0.05) is 12.2 Å². The van der Waals surface area contributed by atoms with Crippen LogP contribution in [0.1, 0.15) is 50.6 Å². The highest BCUT2D eigenvalue weighted by molar-refractivity contribution is 5.77. The molecule has 0 amide bonds. The van der Waals surface area contributed by atoms with Crippen LogP contribution in [0, 0.1) is 11.3 Å². The Morgan fingerprint density at radius 3 is 2.70 bits per heavy atom. The standard InChI is InChI=1S/C24H35N3O3/c1-5-30-23(28)24(16-19-7-6-8-22(14-19)29-4)9-11-27(12-10-24)17-21-15-20(25-26-21)13-18(2)3/h6-8,14-15,18H,5,9-13,16-17H2,1-4H3,(H,25,26). The number of piperidine rings is 1. The van der Waals surface area contributed by atoms with Gasteiger partial charge in [-0.05, 0) is 75.4 Å². The van der Waals surface area contributed by atoms with E-state index in [1.165, 1.54) is 0 Å². The van der Waals surface area contributed by atoms with Crippen LogP contribution in [0.15, 0.2) is 30.3 Å². The summed E-state index contributed by atoms with van der Waals surface area (Å²) in [6.45, 7) is 9.26. The first-order chi connectivity index (χ1) is 14.4. The number of carbonyl (C=O) groups is 1. The van der Waals surface area contributed by atoms with Crippen LogP contribution >= 0.6 is 0 Å². The summed E-state index contributed by atoms with van der Waals surface area (Å²) in [7, 11) is 1.67. The van der Waals surface area contributed by atoms with E-state index in [1.54, 1.807) is 7.11 Å². The van der Waals surface area contributed by atoms with E-state index in [4.69, 9.17) is 9.47 Å². The molecule has 3 rings (SSSR count). The van der Waals surface area contributed by atoms with Gasteiger partial charge in [0.1, 0.15) is 5.75 Å². The first-order valence-corrected chi connectivity index (χ1v) is 11.0. The van der Waals surface area contributed by atoms with Gasteiger partial charge in [-0.25, -0.2) is 0 Å². The number of ether oxygens (including phenoxy) is 2. The topological polar surface area (TPSA) is 67.5 Å². The SMILES string of the molecule is CCOC(=O)C1(Cc2cccc(OC)c2)CCN(Cc2cc(CC(C)C)n[nH]2)CC1. The number of nitrogens with zero attached hydrogens (tertiary/aromatic N) is 2. The Bertz CT molecular complexity index is 823. The van der Waals surface area contributed by atoms with Crippen LogP contribution < -0.4 is 4.74 Å². The summed E-state index contributed by atoms with van der Waals surface area (Å²) in [4.78, 5) is 15.4. The Labute approximate surface area is 180 Å². The first-order valence-electron chi connectivity index (χ1n) is 11.0. The third-order valence-corrected chi connectivity index (χ3v) is 5.89. The number of hydrogen-bond acceptors (Lipinski definition) is 5. The Hall–Kier alpha value is -2.34. The lowest BCUT2D eigenvalue weighted by atomic mass is 9.73. The van der Waals surface area contributed by atoms with E-state index < -0.39 is 5.41 Å². The molecule has 0 spiro atoms. The van der Waals surface area contributed by atoms with E-state index in [1.807, 2.05) is 25.1 Å². The number of aromatic nitrogens is 2. The van der Waals surface area contributed by atoms with Gasteiger partial charge in [0.2, 0.25) is 0 Å². The van der Waals surface area contributed by atoms with E-state index >= 15 is 0 Å². The highest BCUT2D eigenvalue weighted by atomic mass is 16.5. The van der Waals surface area contributed by atoms with Gasteiger partial charge in [0.15, 0.2) is 0 Å². The van der Waals surface area contributed by atoms with E-state index in [0.29, 0.717) is 18.9 Å². The molecule has 1 N–H and O–H groups in total. The summed E-state index contributed by atoms with van der Waals surface area (Å²) >= 11 is 0. The van der Waals surface area contributed by atoms with Crippen LogP contribution in [0.5, 0.6) is 5.75 Å². The fourth-order valence-electron chi connectivity index (χ4n) is 4.30. The Morgan fingerprint density at radius 2 is 2.03 bits per heavy atom. The summed E-state index contributed by atoms with van der Waals surface area (Å²) < 4.78 is 10.9. The average molecular weight is 414 g/mol. The van der Waals surface area contributed by atoms with Crippen LogP contribution in [-0.2, 0) is 28.9 Å². The van der Waals surface area contributed by atoms with Gasteiger partial charge in [0.05, 0.1) is 24.8 Å². The van der Waals surface area contributed by atoms with Crippen molar-refractivity contribution in [3.8, 4) is 5.75 Å². The number of hydrogen-bond donors (Lipinski definition) is 1. The van der Waals surface area contributed by atoms with Gasteiger partial charge < -0.3 is 9.47 Å².